The van der Waals surface area contributed by atoms with Crippen LogP contribution in [0.4, 0.5) is 0 Å². The maximum Gasteiger partial charge on any atom is 0.319 e. The van der Waals surface area contributed by atoms with E-state index >= 15 is 0 Å². The monoisotopic (exact) mass is 571 g/mol. The van der Waals surface area contributed by atoms with Crippen LogP contribution in [0, 0.1) is 17.3 Å². The topological polar surface area (TPSA) is 107 Å². The quantitative estimate of drug-likeness (QED) is 0.0696. The summed E-state index contributed by atoms with van der Waals surface area (Å²) >= 11 is 0. The van der Waals surface area contributed by atoms with Gasteiger partial charge in [-0.1, -0.05) is 140 Å². The smallest absolute Gasteiger partial charge is 0.319 e. The van der Waals surface area contributed by atoms with Crippen molar-refractivity contribution in [1.29, 1.82) is 0 Å². The minimum atomic E-state index is -1.69. The second kappa shape index (κ2) is 19.7. The number of primary amides is 1. The van der Waals surface area contributed by atoms with E-state index in [-0.39, 0.29) is 24.4 Å². The molecule has 1 unspecified atom stereocenters. The molecule has 41 heavy (non-hydrogen) atoms. The Kier molecular flexibility index (Phi) is 16.7. The van der Waals surface area contributed by atoms with E-state index in [0.717, 1.165) is 24.8 Å². The molecule has 232 valence electrons. The molecule has 0 aromatic heterocycles. The van der Waals surface area contributed by atoms with Crippen LogP contribution in [0.3, 0.4) is 0 Å². The molecule has 6 nitrogen and oxygen atoms in total. The molecule has 1 saturated heterocycles. The number of carboxylic acid groups (broad SMARTS) is 1. The van der Waals surface area contributed by atoms with Gasteiger partial charge < -0.3 is 15.6 Å². The summed E-state index contributed by atoms with van der Waals surface area (Å²) in [5, 5.41) is 10.4. The largest absolute Gasteiger partial charge is 0.480 e. The number of hydrogen-bond acceptors (Lipinski definition) is 4. The van der Waals surface area contributed by atoms with E-state index in [0.29, 0.717) is 25.7 Å². The first-order valence-corrected chi connectivity index (χ1v) is 16.6. The van der Waals surface area contributed by atoms with E-state index in [2.05, 4.69) is 6.92 Å². The summed E-state index contributed by atoms with van der Waals surface area (Å²) in [4.78, 5) is 37.7. The third-order valence-corrected chi connectivity index (χ3v) is 9.30. The normalized spacial score (nSPS) is 18.7. The van der Waals surface area contributed by atoms with E-state index in [1.54, 1.807) is 0 Å². The fourth-order valence-electron chi connectivity index (χ4n) is 6.55. The van der Waals surface area contributed by atoms with Crippen LogP contribution in [0.25, 0.3) is 0 Å². The molecule has 6 heteroatoms. The van der Waals surface area contributed by atoms with Gasteiger partial charge in [-0.3, -0.25) is 14.4 Å². The maximum atomic E-state index is 12.9. The molecule has 0 bridgehead atoms. The number of ether oxygens (including phenoxy) is 1. The van der Waals surface area contributed by atoms with Crippen molar-refractivity contribution in [2.45, 2.75) is 148 Å². The lowest BCUT2D eigenvalue weighted by molar-refractivity contribution is -0.189. The Morgan fingerprint density at radius 1 is 0.854 bits per heavy atom. The highest BCUT2D eigenvalue weighted by Gasteiger charge is 2.53. The zero-order valence-corrected chi connectivity index (χ0v) is 25.9. The summed E-state index contributed by atoms with van der Waals surface area (Å²) in [6.07, 6.45) is 20.8. The number of carbonyl (C=O) groups is 3. The molecule has 3 N–H and O–H groups in total. The predicted octanol–water partition coefficient (Wildman–Crippen LogP) is 8.39. The second-order valence-corrected chi connectivity index (χ2v) is 12.3. The second-order valence-electron chi connectivity index (χ2n) is 12.3. The number of amides is 1. The van der Waals surface area contributed by atoms with Gasteiger partial charge in [-0.05, 0) is 43.6 Å². The first-order valence-electron chi connectivity index (χ1n) is 16.6. The number of aryl methyl sites for hydroxylation is 1. The number of unbranched alkanes of at least 4 members (excludes halogenated alkanes) is 14. The van der Waals surface area contributed by atoms with Gasteiger partial charge in [-0.15, -0.1) is 0 Å². The average molecular weight is 572 g/mol. The van der Waals surface area contributed by atoms with Gasteiger partial charge in [0.15, 0.2) is 0 Å². The summed E-state index contributed by atoms with van der Waals surface area (Å²) < 4.78 is 5.44. The Morgan fingerprint density at radius 2 is 1.37 bits per heavy atom. The number of carbonyl (C=O) groups excluding carboxylic acids is 2. The minimum Gasteiger partial charge on any atom is -0.480 e. The molecular weight excluding hydrogens is 514 g/mol. The van der Waals surface area contributed by atoms with Crippen molar-refractivity contribution in [3.63, 3.8) is 0 Å². The van der Waals surface area contributed by atoms with Crippen molar-refractivity contribution in [2.75, 3.05) is 0 Å². The average Bonchev–Trinajstić information content (AvgIpc) is 2.95. The van der Waals surface area contributed by atoms with Gasteiger partial charge in [0.2, 0.25) is 5.91 Å². The van der Waals surface area contributed by atoms with Crippen molar-refractivity contribution in [1.82, 2.24) is 0 Å². The highest BCUT2D eigenvalue weighted by molar-refractivity contribution is 6.01. The molecular formula is C35H57NO5. The lowest BCUT2D eigenvalue weighted by atomic mass is 9.65. The van der Waals surface area contributed by atoms with E-state index < -0.39 is 23.2 Å². The lowest BCUT2D eigenvalue weighted by Gasteiger charge is -2.41. The van der Waals surface area contributed by atoms with Crippen LogP contribution >= 0.6 is 0 Å². The summed E-state index contributed by atoms with van der Waals surface area (Å²) in [6, 6.07) is 9.62. The van der Waals surface area contributed by atoms with Gasteiger partial charge >= 0.3 is 11.9 Å². The first kappa shape index (κ1) is 34.8. The van der Waals surface area contributed by atoms with E-state index in [9.17, 15) is 19.5 Å². The van der Waals surface area contributed by atoms with Crippen LogP contribution in [0.1, 0.15) is 141 Å². The Labute approximate surface area is 249 Å². The van der Waals surface area contributed by atoms with Crippen LogP contribution in [-0.2, 0) is 25.5 Å². The van der Waals surface area contributed by atoms with Crippen LogP contribution in [-0.4, -0.2) is 29.1 Å². The highest BCUT2D eigenvalue weighted by Crippen LogP contribution is 2.43. The lowest BCUT2D eigenvalue weighted by Crippen LogP contribution is -2.53. The van der Waals surface area contributed by atoms with Gasteiger partial charge in [-0.2, -0.15) is 0 Å². The molecule has 4 atom stereocenters. The van der Waals surface area contributed by atoms with Crippen molar-refractivity contribution < 1.29 is 24.2 Å². The number of carboxylic acids is 1. The Balaban J connectivity index is 1.84. The van der Waals surface area contributed by atoms with Crippen LogP contribution in [0.15, 0.2) is 30.3 Å². The van der Waals surface area contributed by atoms with Crippen molar-refractivity contribution in [3.05, 3.63) is 35.9 Å². The van der Waals surface area contributed by atoms with Crippen LogP contribution < -0.4 is 5.73 Å². The molecule has 1 aromatic carbocycles. The zero-order valence-electron chi connectivity index (χ0n) is 25.9. The van der Waals surface area contributed by atoms with Crippen LogP contribution in [0.5, 0.6) is 0 Å². The minimum absolute atomic E-state index is 0.141. The van der Waals surface area contributed by atoms with E-state index in [1.165, 1.54) is 77.0 Å². The molecule has 0 radical (unpaired) electrons. The van der Waals surface area contributed by atoms with Gasteiger partial charge in [-0.25, -0.2) is 0 Å². The number of rotatable bonds is 25. The molecule has 2 rings (SSSR count). The Morgan fingerprint density at radius 3 is 1.80 bits per heavy atom. The standard InChI is InChI=1S/C35H57NO5/c1-3-5-6-7-8-9-10-11-12-13-14-15-16-17-21-24-29(27-31-30(4-2)32(37)41-31)35(33(36)38,34(39)40)26-25-28-22-19-18-20-23-28/h18-20,22-23,29-31H,3-17,21,24-27H2,1-2H3,(H2,36,38)(H,39,40)/t29-,30-,31-,35?/m0/s1. The van der Waals surface area contributed by atoms with Gasteiger partial charge in [0.05, 0.1) is 5.92 Å². The molecule has 1 fully saturated rings. The Hall–Kier alpha value is -2.37. The third kappa shape index (κ3) is 11.4. The number of nitrogens with two attached hydrogens (primary N) is 1. The van der Waals surface area contributed by atoms with Crippen molar-refractivity contribution >= 4 is 17.8 Å². The van der Waals surface area contributed by atoms with Gasteiger partial charge in [0.1, 0.15) is 11.5 Å². The maximum absolute atomic E-state index is 12.9. The third-order valence-electron chi connectivity index (χ3n) is 9.30. The highest BCUT2D eigenvalue weighted by atomic mass is 16.6. The summed E-state index contributed by atoms with van der Waals surface area (Å²) in [6.45, 7) is 4.20. The molecule has 0 spiro atoms. The molecule has 0 saturated carbocycles. The summed E-state index contributed by atoms with van der Waals surface area (Å²) in [5.74, 6) is -2.88. The molecule has 0 aliphatic carbocycles. The fourth-order valence-corrected chi connectivity index (χ4v) is 6.55. The van der Waals surface area contributed by atoms with E-state index in [4.69, 9.17) is 10.5 Å². The SMILES string of the molecule is CCCCCCCCCCCCCCCCC[C@@H](C[C@@H]1OC(=O)[C@H]1CC)C(CCc1ccccc1)(C(N)=O)C(=O)O. The number of aliphatic carboxylic acids is 1. The van der Waals surface area contributed by atoms with Crippen molar-refractivity contribution in [3.8, 4) is 0 Å². The van der Waals surface area contributed by atoms with Gasteiger partial charge in [0, 0.05) is 0 Å². The molecule has 1 aromatic rings. The first-order chi connectivity index (χ1) is 19.9. The summed E-state index contributed by atoms with van der Waals surface area (Å²) in [5.41, 5.74) is 5.19. The zero-order chi connectivity index (χ0) is 29.9. The number of benzene rings is 1. The number of hydrogen-bond donors (Lipinski definition) is 2. The predicted molar refractivity (Wildman–Crippen MR) is 165 cm³/mol. The molecule has 1 aliphatic rings. The Bertz CT molecular complexity index is 872. The summed E-state index contributed by atoms with van der Waals surface area (Å²) in [7, 11) is 0. The number of cyclic esters (lactones) is 1. The van der Waals surface area contributed by atoms with E-state index in [1.807, 2.05) is 37.3 Å². The molecule has 1 heterocycles. The molecule has 1 aliphatic heterocycles. The van der Waals surface area contributed by atoms with Gasteiger partial charge in [0.25, 0.3) is 0 Å². The van der Waals surface area contributed by atoms with Crippen molar-refractivity contribution in [2.24, 2.45) is 23.0 Å². The van der Waals surface area contributed by atoms with Crippen LogP contribution in [0.2, 0.25) is 0 Å². The fraction of sp³-hybridized carbons (Fsp3) is 0.743. The number of esters is 1. The molecule has 1 amide bonds.